The van der Waals surface area contributed by atoms with E-state index in [4.69, 9.17) is 0 Å². The summed E-state index contributed by atoms with van der Waals surface area (Å²) in [6.45, 7) is 1.52. The van der Waals surface area contributed by atoms with Crippen LogP contribution >= 0.6 is 0 Å². The molecule has 132 valence electrons. The molecule has 1 amide bonds. The number of carbonyl (C=O) groups excluding carboxylic acids is 1. The summed E-state index contributed by atoms with van der Waals surface area (Å²) in [6.07, 6.45) is -1.68. The second-order valence-corrected chi connectivity index (χ2v) is 6.08. The van der Waals surface area contributed by atoms with Gasteiger partial charge in [0.2, 0.25) is 0 Å². The van der Waals surface area contributed by atoms with Crippen LogP contribution in [0.15, 0.2) is 47.4 Å². The fourth-order valence-corrected chi connectivity index (χ4v) is 2.87. The number of hydrogen-bond acceptors (Lipinski definition) is 2. The first-order valence-electron chi connectivity index (χ1n) is 8.00. The minimum Gasteiger partial charge on any atom is -0.339 e. The summed E-state index contributed by atoms with van der Waals surface area (Å²) in [5, 5.41) is 0. The van der Waals surface area contributed by atoms with Gasteiger partial charge < -0.3 is 9.47 Å². The van der Waals surface area contributed by atoms with Crippen LogP contribution in [-0.2, 0) is 12.7 Å². The molecule has 0 unspecified atom stereocenters. The van der Waals surface area contributed by atoms with Crippen LogP contribution in [-0.4, -0.2) is 28.5 Å². The predicted molar refractivity (Wildman–Crippen MR) is 86.4 cm³/mol. The van der Waals surface area contributed by atoms with E-state index in [1.807, 2.05) is 0 Å². The first kappa shape index (κ1) is 17.3. The highest BCUT2D eigenvalue weighted by Gasteiger charge is 2.31. The van der Waals surface area contributed by atoms with Crippen molar-refractivity contribution in [2.75, 3.05) is 13.1 Å². The second kappa shape index (κ2) is 6.74. The molecular formula is C18H17F3N2O2. The zero-order valence-electron chi connectivity index (χ0n) is 13.4. The summed E-state index contributed by atoms with van der Waals surface area (Å²) in [5.74, 6) is -0.0414. The quantitative estimate of drug-likeness (QED) is 0.853. The van der Waals surface area contributed by atoms with Crippen LogP contribution in [0.2, 0.25) is 0 Å². The van der Waals surface area contributed by atoms with E-state index in [-0.39, 0.29) is 12.5 Å². The maximum atomic E-state index is 12.8. The number of likely N-dealkylation sites (tertiary alicyclic amines) is 1. The maximum absolute atomic E-state index is 12.8. The topological polar surface area (TPSA) is 42.3 Å². The molecule has 3 rings (SSSR count). The molecule has 0 bridgehead atoms. The average molecular weight is 350 g/mol. The van der Waals surface area contributed by atoms with Crippen molar-refractivity contribution in [1.29, 1.82) is 0 Å². The molecule has 2 heterocycles. The van der Waals surface area contributed by atoms with E-state index in [1.54, 1.807) is 29.2 Å². The fourth-order valence-electron chi connectivity index (χ4n) is 2.87. The highest BCUT2D eigenvalue weighted by atomic mass is 19.4. The molecule has 1 saturated heterocycles. The summed E-state index contributed by atoms with van der Waals surface area (Å²) < 4.78 is 39.3. The molecule has 1 fully saturated rings. The number of alkyl halides is 3. The highest BCUT2D eigenvalue weighted by molar-refractivity contribution is 5.94. The van der Waals surface area contributed by atoms with Gasteiger partial charge in [0, 0.05) is 30.9 Å². The lowest BCUT2D eigenvalue weighted by Gasteiger charge is -2.15. The zero-order valence-corrected chi connectivity index (χ0v) is 13.4. The molecular weight excluding hydrogens is 333 g/mol. The summed E-state index contributed by atoms with van der Waals surface area (Å²) in [4.78, 5) is 25.8. The largest absolute Gasteiger partial charge is 0.417 e. The molecule has 4 nitrogen and oxygen atoms in total. The third kappa shape index (κ3) is 3.92. The molecule has 0 saturated carbocycles. The third-order valence-corrected chi connectivity index (χ3v) is 4.26. The Balaban J connectivity index is 1.77. The zero-order chi connectivity index (χ0) is 18.0. The van der Waals surface area contributed by atoms with E-state index in [0.29, 0.717) is 11.1 Å². The molecule has 1 aliphatic rings. The van der Waals surface area contributed by atoms with Gasteiger partial charge in [0.1, 0.15) is 0 Å². The Morgan fingerprint density at radius 1 is 1.00 bits per heavy atom. The summed E-state index contributed by atoms with van der Waals surface area (Å²) in [7, 11) is 0. The number of benzene rings is 1. The lowest BCUT2D eigenvalue weighted by Crippen LogP contribution is -2.27. The van der Waals surface area contributed by atoms with Crippen LogP contribution < -0.4 is 5.56 Å². The van der Waals surface area contributed by atoms with Gasteiger partial charge in [0.25, 0.3) is 11.5 Å². The molecule has 25 heavy (non-hydrogen) atoms. The molecule has 0 aliphatic carbocycles. The minimum atomic E-state index is -4.50. The van der Waals surface area contributed by atoms with Crippen molar-refractivity contribution < 1.29 is 18.0 Å². The van der Waals surface area contributed by atoms with Gasteiger partial charge in [-0.15, -0.1) is 0 Å². The molecule has 1 aromatic carbocycles. The van der Waals surface area contributed by atoms with Crippen LogP contribution in [0.25, 0.3) is 0 Å². The van der Waals surface area contributed by atoms with E-state index in [9.17, 15) is 22.8 Å². The van der Waals surface area contributed by atoms with Gasteiger partial charge in [-0.05, 0) is 36.6 Å². The summed E-state index contributed by atoms with van der Waals surface area (Å²) in [5.41, 5.74) is -0.181. The van der Waals surface area contributed by atoms with Crippen molar-refractivity contribution in [2.45, 2.75) is 25.6 Å². The predicted octanol–water partition coefficient (Wildman–Crippen LogP) is 3.15. The number of amides is 1. The minimum absolute atomic E-state index is 0.0148. The third-order valence-electron chi connectivity index (χ3n) is 4.26. The average Bonchev–Trinajstić information content (AvgIpc) is 3.10. The monoisotopic (exact) mass is 350 g/mol. The van der Waals surface area contributed by atoms with Gasteiger partial charge in [-0.1, -0.05) is 12.1 Å². The Bertz CT molecular complexity index is 819. The molecule has 0 atom stereocenters. The summed E-state index contributed by atoms with van der Waals surface area (Å²) in [6, 6.07) is 8.31. The van der Waals surface area contributed by atoms with E-state index >= 15 is 0 Å². The number of aromatic nitrogens is 1. The Labute approximate surface area is 142 Å². The van der Waals surface area contributed by atoms with Gasteiger partial charge in [-0.3, -0.25) is 9.59 Å². The number of pyridine rings is 1. The van der Waals surface area contributed by atoms with Crippen molar-refractivity contribution in [3.05, 3.63) is 69.6 Å². The molecule has 7 heteroatoms. The van der Waals surface area contributed by atoms with E-state index < -0.39 is 17.3 Å². The van der Waals surface area contributed by atoms with Gasteiger partial charge >= 0.3 is 6.18 Å². The number of halogens is 3. The number of carbonyl (C=O) groups is 1. The van der Waals surface area contributed by atoms with Crippen LogP contribution in [0.1, 0.15) is 34.3 Å². The molecule has 1 aliphatic heterocycles. The normalized spacial score (nSPS) is 14.8. The van der Waals surface area contributed by atoms with Gasteiger partial charge in [-0.25, -0.2) is 0 Å². The van der Waals surface area contributed by atoms with Crippen molar-refractivity contribution in [2.24, 2.45) is 0 Å². The first-order valence-corrected chi connectivity index (χ1v) is 8.00. The second-order valence-electron chi connectivity index (χ2n) is 6.08. The number of rotatable bonds is 3. The first-order chi connectivity index (χ1) is 11.8. The van der Waals surface area contributed by atoms with Crippen LogP contribution in [0, 0.1) is 0 Å². The lowest BCUT2D eigenvalue weighted by molar-refractivity contribution is -0.138. The molecule has 0 radical (unpaired) electrons. The Morgan fingerprint density at radius 3 is 2.24 bits per heavy atom. The Hall–Kier alpha value is -2.57. The van der Waals surface area contributed by atoms with Crippen molar-refractivity contribution in [3.8, 4) is 0 Å². The van der Waals surface area contributed by atoms with E-state index in [2.05, 4.69) is 0 Å². The molecule has 1 aromatic heterocycles. The van der Waals surface area contributed by atoms with Crippen molar-refractivity contribution >= 4 is 5.91 Å². The van der Waals surface area contributed by atoms with E-state index in [1.165, 1.54) is 0 Å². The summed E-state index contributed by atoms with van der Waals surface area (Å²) >= 11 is 0. The van der Waals surface area contributed by atoms with Gasteiger partial charge in [-0.2, -0.15) is 13.2 Å². The number of nitrogens with zero attached hydrogens (tertiary/aromatic N) is 2. The van der Waals surface area contributed by atoms with Crippen molar-refractivity contribution in [1.82, 2.24) is 9.47 Å². The fraction of sp³-hybridized carbons (Fsp3) is 0.333. The highest BCUT2D eigenvalue weighted by Crippen LogP contribution is 2.28. The Morgan fingerprint density at radius 2 is 1.64 bits per heavy atom. The van der Waals surface area contributed by atoms with Gasteiger partial charge in [0.05, 0.1) is 12.1 Å². The smallest absolute Gasteiger partial charge is 0.339 e. The Kier molecular flexibility index (Phi) is 4.65. The lowest BCUT2D eigenvalue weighted by atomic mass is 10.1. The van der Waals surface area contributed by atoms with Crippen LogP contribution in [0.4, 0.5) is 13.2 Å². The van der Waals surface area contributed by atoms with Crippen LogP contribution in [0.3, 0.4) is 0 Å². The number of hydrogen-bond donors (Lipinski definition) is 0. The maximum Gasteiger partial charge on any atom is 0.417 e. The van der Waals surface area contributed by atoms with Crippen LogP contribution in [0.5, 0.6) is 0 Å². The van der Waals surface area contributed by atoms with Crippen molar-refractivity contribution in [3.63, 3.8) is 0 Å². The van der Waals surface area contributed by atoms with Gasteiger partial charge in [0.15, 0.2) is 0 Å². The molecule has 2 aromatic rings. The SMILES string of the molecule is O=C(c1ccc(Cn2cc(C(F)(F)F)ccc2=O)cc1)N1CCCC1. The molecule has 0 N–H and O–H groups in total. The van der Waals surface area contributed by atoms with E-state index in [0.717, 1.165) is 48.8 Å². The standard InChI is InChI=1S/C18H17F3N2O2/c19-18(20,21)15-7-8-16(24)23(12-15)11-13-3-5-14(6-4-13)17(25)22-9-1-2-10-22/h3-8,12H,1-2,9-11H2. The molecule has 0 spiro atoms.